The number of methoxy groups -OCH3 is 2. The van der Waals surface area contributed by atoms with E-state index in [2.05, 4.69) is 0 Å². The summed E-state index contributed by atoms with van der Waals surface area (Å²) in [4.78, 5) is 37.9. The summed E-state index contributed by atoms with van der Waals surface area (Å²) < 4.78 is 24.1. The van der Waals surface area contributed by atoms with Crippen LogP contribution in [0.1, 0.15) is 35.1 Å². The number of hydrogen-bond donors (Lipinski definition) is 1. The standard InChI is InChI=1S/C29H32N2O7S/c1-17(38-29(34)21(30)14-20-11-18-7-5-6-8-22(18)31(20)2)16-37-28(33)10-9-23(32)27-13-19-12-24(35-3)25(36-4)15-26(19)39-27/h5-8,11-13,15,17,21H,9-10,14,16,30H2,1-4H3/t17?,21-/m0/s1. The van der Waals surface area contributed by atoms with E-state index in [1.54, 1.807) is 27.2 Å². The molecule has 10 heteroatoms. The lowest BCUT2D eigenvalue weighted by Crippen LogP contribution is -2.37. The highest BCUT2D eigenvalue weighted by Crippen LogP contribution is 2.36. The number of fused-ring (bicyclic) bond motifs is 2. The molecular weight excluding hydrogens is 520 g/mol. The molecule has 39 heavy (non-hydrogen) atoms. The van der Waals surface area contributed by atoms with Crippen LogP contribution in [-0.4, -0.2) is 55.3 Å². The molecule has 0 amide bonds. The monoisotopic (exact) mass is 552 g/mol. The Kier molecular flexibility index (Phi) is 8.88. The molecule has 2 heterocycles. The fourth-order valence-electron chi connectivity index (χ4n) is 4.30. The van der Waals surface area contributed by atoms with Crippen LogP contribution in [-0.2, 0) is 32.5 Å². The van der Waals surface area contributed by atoms with Crippen LogP contribution in [0.5, 0.6) is 11.5 Å². The summed E-state index contributed by atoms with van der Waals surface area (Å²) in [7, 11) is 5.03. The topological polar surface area (TPSA) is 119 Å². The van der Waals surface area contributed by atoms with Gasteiger partial charge in [-0.05, 0) is 42.0 Å². The van der Waals surface area contributed by atoms with Gasteiger partial charge in [0.15, 0.2) is 17.3 Å². The second-order valence-electron chi connectivity index (χ2n) is 9.27. The Morgan fingerprint density at radius 2 is 1.69 bits per heavy atom. The van der Waals surface area contributed by atoms with Crippen LogP contribution in [0.25, 0.3) is 21.0 Å². The van der Waals surface area contributed by atoms with Crippen LogP contribution in [0.3, 0.4) is 0 Å². The molecule has 0 radical (unpaired) electrons. The first-order valence-corrected chi connectivity index (χ1v) is 13.4. The third-order valence-electron chi connectivity index (χ3n) is 6.43. The van der Waals surface area contributed by atoms with E-state index in [0.717, 1.165) is 26.7 Å². The van der Waals surface area contributed by atoms with E-state index in [1.165, 1.54) is 11.3 Å². The molecule has 206 valence electrons. The van der Waals surface area contributed by atoms with Gasteiger partial charge in [-0.15, -0.1) is 11.3 Å². The number of ketones is 1. The lowest BCUT2D eigenvalue weighted by Gasteiger charge is -2.17. The van der Waals surface area contributed by atoms with Gasteiger partial charge in [-0.2, -0.15) is 0 Å². The maximum Gasteiger partial charge on any atom is 0.323 e. The Bertz CT molecular complexity index is 1470. The first-order chi connectivity index (χ1) is 18.7. The Morgan fingerprint density at radius 3 is 2.41 bits per heavy atom. The highest BCUT2D eigenvalue weighted by atomic mass is 32.1. The van der Waals surface area contributed by atoms with Gasteiger partial charge in [-0.1, -0.05) is 18.2 Å². The second-order valence-corrected chi connectivity index (χ2v) is 10.4. The minimum atomic E-state index is -0.856. The van der Waals surface area contributed by atoms with Crippen LogP contribution in [0.4, 0.5) is 0 Å². The molecule has 1 unspecified atom stereocenters. The number of aryl methyl sites for hydroxylation is 1. The molecule has 2 aromatic carbocycles. The summed E-state index contributed by atoms with van der Waals surface area (Å²) in [6.07, 6.45) is -0.441. The van der Waals surface area contributed by atoms with Crippen molar-refractivity contribution < 1.29 is 33.3 Å². The van der Waals surface area contributed by atoms with Gasteiger partial charge in [0.2, 0.25) is 0 Å². The van der Waals surface area contributed by atoms with Gasteiger partial charge in [0.05, 0.1) is 25.5 Å². The van der Waals surface area contributed by atoms with Crippen molar-refractivity contribution in [2.24, 2.45) is 12.8 Å². The molecule has 4 aromatic rings. The van der Waals surface area contributed by atoms with Crippen LogP contribution in [0, 0.1) is 0 Å². The van der Waals surface area contributed by atoms with Gasteiger partial charge in [-0.3, -0.25) is 14.4 Å². The number of nitrogens with zero attached hydrogens (tertiary/aromatic N) is 1. The number of aromatic nitrogens is 1. The lowest BCUT2D eigenvalue weighted by atomic mass is 10.1. The van der Waals surface area contributed by atoms with E-state index in [4.69, 9.17) is 24.7 Å². The molecule has 2 atom stereocenters. The summed E-state index contributed by atoms with van der Waals surface area (Å²) in [5, 5.41) is 1.93. The van der Waals surface area contributed by atoms with Crippen molar-refractivity contribution in [3.8, 4) is 11.5 Å². The van der Waals surface area contributed by atoms with Gasteiger partial charge in [0.25, 0.3) is 0 Å². The summed E-state index contributed by atoms with van der Waals surface area (Å²) in [6.45, 7) is 1.50. The third kappa shape index (κ3) is 6.58. The maximum atomic E-state index is 12.7. The summed E-state index contributed by atoms with van der Waals surface area (Å²) >= 11 is 1.33. The van der Waals surface area contributed by atoms with Crippen molar-refractivity contribution in [3.05, 3.63) is 59.1 Å². The van der Waals surface area contributed by atoms with Crippen molar-refractivity contribution in [2.75, 3.05) is 20.8 Å². The van der Waals surface area contributed by atoms with E-state index in [-0.39, 0.29) is 25.2 Å². The van der Waals surface area contributed by atoms with Crippen LogP contribution in [0.15, 0.2) is 48.5 Å². The zero-order valence-corrected chi connectivity index (χ0v) is 23.2. The number of ether oxygens (including phenoxy) is 4. The average molecular weight is 553 g/mol. The Labute approximate surface area is 230 Å². The van der Waals surface area contributed by atoms with Crippen molar-refractivity contribution in [1.82, 2.24) is 4.57 Å². The minimum Gasteiger partial charge on any atom is -0.493 e. The van der Waals surface area contributed by atoms with Crippen LogP contribution < -0.4 is 15.2 Å². The predicted molar refractivity (Wildman–Crippen MR) is 150 cm³/mol. The van der Waals surface area contributed by atoms with Crippen molar-refractivity contribution in [3.63, 3.8) is 0 Å². The highest BCUT2D eigenvalue weighted by Gasteiger charge is 2.22. The number of nitrogens with two attached hydrogens (primary N) is 1. The van der Waals surface area contributed by atoms with Gasteiger partial charge >= 0.3 is 11.9 Å². The molecule has 0 saturated heterocycles. The van der Waals surface area contributed by atoms with E-state index >= 15 is 0 Å². The molecule has 0 spiro atoms. The lowest BCUT2D eigenvalue weighted by molar-refractivity contribution is -0.158. The molecule has 9 nitrogen and oxygen atoms in total. The van der Waals surface area contributed by atoms with Crippen molar-refractivity contribution >= 4 is 50.0 Å². The summed E-state index contributed by atoms with van der Waals surface area (Å²) in [5.74, 6) is -0.120. The van der Waals surface area contributed by atoms with Crippen molar-refractivity contribution in [2.45, 2.75) is 38.3 Å². The minimum absolute atomic E-state index is 0.00395. The molecule has 0 saturated carbocycles. The largest absolute Gasteiger partial charge is 0.493 e. The smallest absolute Gasteiger partial charge is 0.323 e. The van der Waals surface area contributed by atoms with Crippen LogP contribution >= 0.6 is 11.3 Å². The van der Waals surface area contributed by atoms with E-state index < -0.39 is 24.1 Å². The maximum absolute atomic E-state index is 12.7. The molecule has 0 bridgehead atoms. The normalized spacial score (nSPS) is 12.7. The van der Waals surface area contributed by atoms with Crippen LogP contribution in [0.2, 0.25) is 0 Å². The number of para-hydroxylation sites is 1. The molecule has 0 aliphatic rings. The van der Waals surface area contributed by atoms with Gasteiger partial charge in [0.1, 0.15) is 18.8 Å². The molecule has 4 rings (SSSR count). The predicted octanol–water partition coefficient (Wildman–Crippen LogP) is 4.42. The number of carbonyl (C=O) groups is 3. The quantitative estimate of drug-likeness (QED) is 0.203. The zero-order valence-electron chi connectivity index (χ0n) is 22.4. The number of rotatable bonds is 12. The number of benzene rings is 2. The van der Waals surface area contributed by atoms with Gasteiger partial charge in [-0.25, -0.2) is 0 Å². The Morgan fingerprint density at radius 1 is 0.974 bits per heavy atom. The first kappa shape index (κ1) is 28.1. The van der Waals surface area contributed by atoms with E-state index in [9.17, 15) is 14.4 Å². The Balaban J connectivity index is 1.22. The van der Waals surface area contributed by atoms with Crippen molar-refractivity contribution in [1.29, 1.82) is 0 Å². The van der Waals surface area contributed by atoms with Gasteiger partial charge in [0, 0.05) is 41.9 Å². The molecule has 2 aromatic heterocycles. The fourth-order valence-corrected chi connectivity index (χ4v) is 5.34. The number of hydrogen-bond acceptors (Lipinski definition) is 9. The summed E-state index contributed by atoms with van der Waals surface area (Å²) in [6, 6.07) is 14.5. The first-order valence-electron chi connectivity index (χ1n) is 12.5. The van der Waals surface area contributed by atoms with Gasteiger partial charge < -0.3 is 29.2 Å². The molecule has 0 aliphatic carbocycles. The number of esters is 2. The highest BCUT2D eigenvalue weighted by molar-refractivity contribution is 7.20. The second kappa shape index (κ2) is 12.3. The number of Topliss-reactive ketones (excluding diaryl/α,β-unsaturated/α-hetero) is 1. The van der Waals surface area contributed by atoms with E-state index in [0.29, 0.717) is 22.8 Å². The molecular formula is C29H32N2O7S. The Hall–Kier alpha value is -3.89. The number of carbonyl (C=O) groups excluding carboxylic acids is 3. The third-order valence-corrected chi connectivity index (χ3v) is 7.57. The van der Waals surface area contributed by atoms with E-state index in [1.807, 2.05) is 54.1 Å². The zero-order chi connectivity index (χ0) is 28.1. The molecule has 0 aliphatic heterocycles. The average Bonchev–Trinajstić information content (AvgIpc) is 3.49. The molecule has 0 fully saturated rings. The summed E-state index contributed by atoms with van der Waals surface area (Å²) in [5.41, 5.74) is 8.07. The number of thiophene rings is 1. The fraction of sp³-hybridized carbons (Fsp3) is 0.345. The SMILES string of the molecule is COc1cc2cc(C(=O)CCC(=O)OCC(C)OC(=O)[C@@H](N)Cc3cc4ccccc4n3C)sc2cc1OC. The molecule has 2 N–H and O–H groups in total.